The molecule has 1 fully saturated rings. The first-order valence-electron chi connectivity index (χ1n) is 17.8. The average Bonchev–Trinajstić information content (AvgIpc) is 3.21. The van der Waals surface area contributed by atoms with Gasteiger partial charge < -0.3 is 14.7 Å². The summed E-state index contributed by atoms with van der Waals surface area (Å²) in [4.78, 5) is 16.2. The van der Waals surface area contributed by atoms with Crippen molar-refractivity contribution in [3.05, 3.63) is 94.0 Å². The van der Waals surface area contributed by atoms with Gasteiger partial charge in [0.15, 0.2) is 0 Å². The molecule has 7 rings (SSSR count). The number of amides is 1. The summed E-state index contributed by atoms with van der Waals surface area (Å²) in [6, 6.07) is 22.0. The predicted molar refractivity (Wildman–Crippen MR) is 197 cm³/mol. The van der Waals surface area contributed by atoms with Gasteiger partial charge in [-0.15, -0.1) is 0 Å². The molecule has 8 atom stereocenters. The molecule has 1 spiro atoms. The minimum Gasteiger partial charge on any atom is -0.490 e. The molecule has 2 bridgehead atoms. The summed E-state index contributed by atoms with van der Waals surface area (Å²) in [5.74, 6) is 5.40. The van der Waals surface area contributed by atoms with Crippen molar-refractivity contribution < 1.29 is 18.8 Å². The van der Waals surface area contributed by atoms with Gasteiger partial charge in [0.1, 0.15) is 5.75 Å². The van der Waals surface area contributed by atoms with Gasteiger partial charge in [0, 0.05) is 34.3 Å². The van der Waals surface area contributed by atoms with E-state index in [0.717, 1.165) is 86.5 Å². The van der Waals surface area contributed by atoms with Crippen LogP contribution in [0.1, 0.15) is 91.9 Å². The number of carbonyl (C=O) groups is 1. The number of nitrogens with zero attached hydrogens (tertiary/aromatic N) is 1. The Morgan fingerprint density at radius 2 is 1.85 bits per heavy atom. The van der Waals surface area contributed by atoms with E-state index in [1.54, 1.807) is 6.07 Å². The van der Waals surface area contributed by atoms with Gasteiger partial charge in [-0.1, -0.05) is 61.3 Å². The molecule has 256 valence electrons. The first-order chi connectivity index (χ1) is 23.0. The van der Waals surface area contributed by atoms with E-state index in [9.17, 15) is 14.1 Å². The summed E-state index contributed by atoms with van der Waals surface area (Å²) < 4.78 is 23.4. The fraction of sp³-hybridized carbons (Fsp3) is 0.500. The lowest BCUT2D eigenvalue weighted by Crippen LogP contribution is -2.49. The summed E-state index contributed by atoms with van der Waals surface area (Å²) in [6.45, 7) is 6.15. The Hall–Kier alpha value is -3.00. The standard InChI is InChI=1S/C40H49ClN2O4S/c1-26-9-7-13-34(38(44)28-10-5-4-6-11-28)33-17-14-31(33)23-43-24-40(20-8-12-29-21-32(41)16-18-35(29)40)25-47-37-19-15-30(22-36(37)43)39(45)42-48(3,46)27(26)2/h4-6,10-11,15-16,18-19,21-22,26-27,31,33-34,38,44H,3,7-9,12-14,17,20,23-25H2,1-2H3,(H,42,45,46)/t26-,27+,31-,33+,34+,38+,40-,48?/m0/s1. The van der Waals surface area contributed by atoms with Crippen LogP contribution in [0.25, 0.3) is 0 Å². The van der Waals surface area contributed by atoms with E-state index in [0.29, 0.717) is 24.0 Å². The molecule has 48 heavy (non-hydrogen) atoms. The summed E-state index contributed by atoms with van der Waals surface area (Å²) in [6.07, 6.45) is 7.36. The third kappa shape index (κ3) is 6.38. The Morgan fingerprint density at radius 1 is 1.04 bits per heavy atom. The number of nitrogens with one attached hydrogen (secondary N) is 1. The van der Waals surface area contributed by atoms with Crippen LogP contribution in [0.3, 0.4) is 0 Å². The molecule has 2 heterocycles. The maximum atomic E-state index is 13.9. The second kappa shape index (κ2) is 13.4. The number of halogens is 1. The molecular formula is C40H49ClN2O4S. The number of aliphatic hydroxyl groups excluding tert-OH is 1. The highest BCUT2D eigenvalue weighted by molar-refractivity contribution is 7.99. The topological polar surface area (TPSA) is 78.9 Å². The van der Waals surface area contributed by atoms with Gasteiger partial charge in [0.2, 0.25) is 0 Å². The second-order valence-electron chi connectivity index (χ2n) is 15.1. The molecular weight excluding hydrogens is 640 g/mol. The van der Waals surface area contributed by atoms with E-state index in [1.807, 2.05) is 55.5 Å². The van der Waals surface area contributed by atoms with Gasteiger partial charge in [-0.05, 0) is 128 Å². The highest BCUT2D eigenvalue weighted by Crippen LogP contribution is 2.50. The summed E-state index contributed by atoms with van der Waals surface area (Å²) in [5.41, 5.74) is 4.70. The van der Waals surface area contributed by atoms with Crippen molar-refractivity contribution in [2.24, 2.45) is 23.7 Å². The molecule has 6 nitrogen and oxygen atoms in total. The SMILES string of the molecule is C=S1(=O)NC(=O)c2ccc3c(c2)N(C[C@@H]2CC[C@H]2[C@H]([C@H](O)c2ccccc2)CCC[C@H](C)[C@H]1C)C[C@@]1(CCCc2cc(Cl)ccc21)CO3. The van der Waals surface area contributed by atoms with Crippen LogP contribution < -0.4 is 14.4 Å². The van der Waals surface area contributed by atoms with E-state index < -0.39 is 15.8 Å². The van der Waals surface area contributed by atoms with Crippen molar-refractivity contribution in [1.29, 1.82) is 0 Å². The van der Waals surface area contributed by atoms with Crippen LogP contribution in [0.5, 0.6) is 5.75 Å². The minimum absolute atomic E-state index is 0.0929. The molecule has 2 aliphatic heterocycles. The summed E-state index contributed by atoms with van der Waals surface area (Å²) in [7, 11) is -2.92. The van der Waals surface area contributed by atoms with Crippen molar-refractivity contribution in [3.8, 4) is 5.75 Å². The van der Waals surface area contributed by atoms with Crippen LogP contribution in [-0.2, 0) is 21.5 Å². The maximum absolute atomic E-state index is 13.9. The van der Waals surface area contributed by atoms with Crippen LogP contribution in [-0.4, -0.2) is 46.0 Å². The number of hydrogen-bond donors (Lipinski definition) is 2. The van der Waals surface area contributed by atoms with Crippen molar-refractivity contribution in [1.82, 2.24) is 4.72 Å². The minimum atomic E-state index is -2.92. The number of fused-ring (bicyclic) bond motifs is 4. The second-order valence-corrected chi connectivity index (χ2v) is 17.9. The summed E-state index contributed by atoms with van der Waals surface area (Å²) >= 11 is 6.47. The van der Waals surface area contributed by atoms with Crippen LogP contribution in [0.4, 0.5) is 5.69 Å². The fourth-order valence-electron chi connectivity index (χ4n) is 9.02. The van der Waals surface area contributed by atoms with Gasteiger partial charge >= 0.3 is 0 Å². The Bertz CT molecular complexity index is 1760. The van der Waals surface area contributed by atoms with E-state index in [1.165, 1.54) is 11.1 Å². The van der Waals surface area contributed by atoms with Crippen molar-refractivity contribution in [2.45, 2.75) is 82.0 Å². The molecule has 2 aliphatic carbocycles. The lowest BCUT2D eigenvalue weighted by Gasteiger charge is -2.48. The zero-order valence-electron chi connectivity index (χ0n) is 28.2. The zero-order chi connectivity index (χ0) is 33.6. The maximum Gasteiger partial charge on any atom is 0.262 e. The third-order valence-electron chi connectivity index (χ3n) is 12.2. The zero-order valence-corrected chi connectivity index (χ0v) is 29.8. The van der Waals surface area contributed by atoms with E-state index in [2.05, 4.69) is 34.5 Å². The molecule has 2 N–H and O–H groups in total. The van der Waals surface area contributed by atoms with Crippen LogP contribution in [0.2, 0.25) is 5.02 Å². The Labute approximate surface area is 291 Å². The number of rotatable bonds is 2. The van der Waals surface area contributed by atoms with Crippen LogP contribution in [0, 0.1) is 23.7 Å². The van der Waals surface area contributed by atoms with Crippen molar-refractivity contribution >= 4 is 38.8 Å². The fourth-order valence-corrected chi connectivity index (χ4v) is 10.7. The highest BCUT2D eigenvalue weighted by Gasteiger charge is 2.45. The number of hydrogen-bond acceptors (Lipinski definition) is 5. The van der Waals surface area contributed by atoms with Gasteiger partial charge in [-0.3, -0.25) is 9.52 Å². The molecule has 1 amide bonds. The number of aryl methyl sites for hydroxylation is 1. The third-order valence-corrected chi connectivity index (χ3v) is 14.6. The van der Waals surface area contributed by atoms with Crippen molar-refractivity contribution in [3.63, 3.8) is 0 Å². The number of ether oxygens (including phenoxy) is 1. The first-order valence-corrected chi connectivity index (χ1v) is 19.9. The lowest BCUT2D eigenvalue weighted by atomic mass is 9.63. The Kier molecular flexibility index (Phi) is 9.33. The molecule has 8 heteroatoms. The molecule has 1 unspecified atom stereocenters. The molecule has 0 radical (unpaired) electrons. The van der Waals surface area contributed by atoms with Crippen LogP contribution in [0.15, 0.2) is 66.7 Å². The Balaban J connectivity index is 1.30. The number of benzene rings is 3. The van der Waals surface area contributed by atoms with Crippen molar-refractivity contribution in [2.75, 3.05) is 24.6 Å². The lowest BCUT2D eigenvalue weighted by molar-refractivity contribution is 0.000605. The number of anilines is 1. The molecule has 3 aromatic carbocycles. The van der Waals surface area contributed by atoms with E-state index in [4.69, 9.17) is 16.3 Å². The van der Waals surface area contributed by atoms with Gasteiger partial charge in [-0.2, -0.15) is 0 Å². The van der Waals surface area contributed by atoms with E-state index >= 15 is 0 Å². The van der Waals surface area contributed by atoms with Gasteiger partial charge in [-0.25, -0.2) is 4.21 Å². The molecule has 1 saturated carbocycles. The van der Waals surface area contributed by atoms with Gasteiger partial charge in [0.25, 0.3) is 5.91 Å². The van der Waals surface area contributed by atoms with Crippen LogP contribution >= 0.6 is 11.6 Å². The molecule has 3 aromatic rings. The number of aliphatic hydroxyl groups is 1. The largest absolute Gasteiger partial charge is 0.490 e. The molecule has 0 aromatic heterocycles. The molecule has 0 saturated heterocycles. The summed E-state index contributed by atoms with van der Waals surface area (Å²) in [5, 5.41) is 12.4. The number of carbonyl (C=O) groups excluding carboxylic acids is 1. The first kappa shape index (κ1) is 33.5. The smallest absolute Gasteiger partial charge is 0.262 e. The molecule has 4 aliphatic rings. The van der Waals surface area contributed by atoms with E-state index in [-0.39, 0.29) is 28.4 Å². The quantitative estimate of drug-likeness (QED) is 0.269. The highest BCUT2D eigenvalue weighted by atomic mass is 35.5. The Morgan fingerprint density at radius 3 is 2.62 bits per heavy atom. The monoisotopic (exact) mass is 688 g/mol. The van der Waals surface area contributed by atoms with Gasteiger partial charge in [0.05, 0.1) is 28.1 Å². The normalized spacial score (nSPS) is 32.9. The average molecular weight is 689 g/mol. The predicted octanol–water partition coefficient (Wildman–Crippen LogP) is 7.76.